The number of imidazole rings is 1. The average molecular weight is 412 g/mol. The first-order valence-corrected chi connectivity index (χ1v) is 9.63. The summed E-state index contributed by atoms with van der Waals surface area (Å²) < 4.78 is 9.56. The number of esters is 2. The van der Waals surface area contributed by atoms with Gasteiger partial charge in [0.25, 0.3) is 0 Å². The molecule has 0 saturated carbocycles. The Morgan fingerprint density at radius 3 is 1.71 bits per heavy atom. The molecular formula is C25H20N2O4. The van der Waals surface area contributed by atoms with Gasteiger partial charge in [0.1, 0.15) is 5.82 Å². The van der Waals surface area contributed by atoms with Gasteiger partial charge in [0.05, 0.1) is 36.7 Å². The predicted octanol–water partition coefficient (Wildman–Crippen LogP) is 4.98. The summed E-state index contributed by atoms with van der Waals surface area (Å²) in [6.45, 7) is 0. The van der Waals surface area contributed by atoms with Gasteiger partial charge in [-0.25, -0.2) is 14.6 Å². The number of aromatic nitrogens is 2. The van der Waals surface area contributed by atoms with E-state index >= 15 is 0 Å². The number of carbonyl (C=O) groups excluding carboxylic acids is 2. The number of nitrogens with one attached hydrogen (secondary N) is 1. The van der Waals surface area contributed by atoms with Gasteiger partial charge in [-0.3, -0.25) is 0 Å². The van der Waals surface area contributed by atoms with E-state index in [9.17, 15) is 9.59 Å². The number of hydrogen-bond donors (Lipinski definition) is 1. The highest BCUT2D eigenvalue weighted by Crippen LogP contribution is 2.33. The van der Waals surface area contributed by atoms with Crippen molar-refractivity contribution in [2.75, 3.05) is 14.2 Å². The predicted molar refractivity (Wildman–Crippen MR) is 118 cm³/mol. The molecule has 31 heavy (non-hydrogen) atoms. The molecule has 0 bridgehead atoms. The molecule has 1 heterocycles. The van der Waals surface area contributed by atoms with E-state index in [0.717, 1.165) is 33.9 Å². The molecule has 0 aliphatic rings. The summed E-state index contributed by atoms with van der Waals surface area (Å²) >= 11 is 0. The third-order valence-corrected chi connectivity index (χ3v) is 4.93. The van der Waals surface area contributed by atoms with E-state index in [-0.39, 0.29) is 5.97 Å². The molecule has 6 nitrogen and oxygen atoms in total. The lowest BCUT2D eigenvalue weighted by Gasteiger charge is -2.06. The Labute approximate surface area is 179 Å². The zero-order valence-electron chi connectivity index (χ0n) is 17.1. The summed E-state index contributed by atoms with van der Waals surface area (Å²) in [5, 5.41) is 0. The Balaban J connectivity index is 1.81. The summed E-state index contributed by atoms with van der Waals surface area (Å²) in [4.78, 5) is 31.8. The van der Waals surface area contributed by atoms with Crippen molar-refractivity contribution in [2.24, 2.45) is 0 Å². The quantitative estimate of drug-likeness (QED) is 0.467. The Kier molecular flexibility index (Phi) is 5.62. The number of rotatable bonds is 5. The maximum Gasteiger partial charge on any atom is 0.337 e. The lowest BCUT2D eigenvalue weighted by atomic mass is 10.0. The molecule has 0 spiro atoms. The first kappa shape index (κ1) is 20.1. The fourth-order valence-corrected chi connectivity index (χ4v) is 3.30. The molecule has 0 radical (unpaired) electrons. The monoisotopic (exact) mass is 412 g/mol. The Morgan fingerprint density at radius 1 is 0.677 bits per heavy atom. The van der Waals surface area contributed by atoms with E-state index in [0.29, 0.717) is 11.1 Å². The first-order chi connectivity index (χ1) is 15.1. The van der Waals surface area contributed by atoms with E-state index in [4.69, 9.17) is 14.5 Å². The highest BCUT2D eigenvalue weighted by atomic mass is 16.5. The zero-order valence-corrected chi connectivity index (χ0v) is 17.1. The minimum atomic E-state index is -0.392. The normalized spacial score (nSPS) is 10.5. The van der Waals surface area contributed by atoms with Crippen LogP contribution in [-0.2, 0) is 9.47 Å². The summed E-state index contributed by atoms with van der Waals surface area (Å²) in [5.41, 5.74) is 5.15. The lowest BCUT2D eigenvalue weighted by Crippen LogP contribution is -2.00. The SMILES string of the molecule is COC(=O)c1ccc(-c2nc(-c3ccccc3)[nH]c2-c2ccc(C(=O)OC)cc2)cc1. The number of ether oxygens (including phenoxy) is 2. The minimum Gasteiger partial charge on any atom is -0.465 e. The number of hydrogen-bond acceptors (Lipinski definition) is 5. The Morgan fingerprint density at radius 2 is 1.19 bits per heavy atom. The minimum absolute atomic E-state index is 0.389. The van der Waals surface area contributed by atoms with Crippen molar-refractivity contribution in [3.63, 3.8) is 0 Å². The number of carbonyl (C=O) groups is 2. The van der Waals surface area contributed by atoms with Crippen molar-refractivity contribution in [1.29, 1.82) is 0 Å². The van der Waals surface area contributed by atoms with Crippen LogP contribution in [0.1, 0.15) is 20.7 Å². The van der Waals surface area contributed by atoms with Gasteiger partial charge in [-0.2, -0.15) is 0 Å². The van der Waals surface area contributed by atoms with Crippen molar-refractivity contribution >= 4 is 11.9 Å². The van der Waals surface area contributed by atoms with Gasteiger partial charge < -0.3 is 14.5 Å². The second-order valence-electron chi connectivity index (χ2n) is 6.81. The molecule has 0 amide bonds. The number of methoxy groups -OCH3 is 2. The van der Waals surface area contributed by atoms with Crippen LogP contribution < -0.4 is 0 Å². The van der Waals surface area contributed by atoms with Gasteiger partial charge in [0, 0.05) is 16.7 Å². The Hall–Kier alpha value is -4.19. The van der Waals surface area contributed by atoms with Gasteiger partial charge in [0.2, 0.25) is 0 Å². The summed E-state index contributed by atoms with van der Waals surface area (Å²) in [6, 6.07) is 24.0. The molecular weight excluding hydrogens is 392 g/mol. The molecule has 0 aliphatic carbocycles. The first-order valence-electron chi connectivity index (χ1n) is 9.63. The van der Waals surface area contributed by atoms with Gasteiger partial charge >= 0.3 is 11.9 Å². The molecule has 6 heteroatoms. The molecule has 0 atom stereocenters. The third-order valence-electron chi connectivity index (χ3n) is 4.93. The van der Waals surface area contributed by atoms with Crippen LogP contribution in [0.5, 0.6) is 0 Å². The molecule has 0 fully saturated rings. The number of nitrogens with zero attached hydrogens (tertiary/aromatic N) is 1. The topological polar surface area (TPSA) is 81.3 Å². The largest absolute Gasteiger partial charge is 0.465 e. The molecule has 3 aromatic carbocycles. The summed E-state index contributed by atoms with van der Waals surface area (Å²) in [7, 11) is 2.71. The second-order valence-corrected chi connectivity index (χ2v) is 6.81. The standard InChI is InChI=1S/C25H20N2O4/c1-30-24(28)19-12-8-16(9-13-19)21-22(17-10-14-20(15-11-17)25(29)31-2)27-23(26-21)18-6-4-3-5-7-18/h3-15H,1-2H3,(H,26,27). The molecule has 0 saturated heterocycles. The van der Waals surface area contributed by atoms with Crippen molar-refractivity contribution < 1.29 is 19.1 Å². The van der Waals surface area contributed by atoms with Crippen molar-refractivity contribution in [2.45, 2.75) is 0 Å². The van der Waals surface area contributed by atoms with E-state index in [1.54, 1.807) is 24.3 Å². The van der Waals surface area contributed by atoms with E-state index < -0.39 is 5.97 Å². The molecule has 4 rings (SSSR count). The van der Waals surface area contributed by atoms with Crippen LogP contribution in [0, 0.1) is 0 Å². The van der Waals surface area contributed by atoms with E-state index in [1.807, 2.05) is 54.6 Å². The van der Waals surface area contributed by atoms with Crippen molar-refractivity contribution in [3.05, 3.63) is 90.0 Å². The van der Waals surface area contributed by atoms with Gasteiger partial charge in [0.15, 0.2) is 0 Å². The second kappa shape index (κ2) is 8.67. The van der Waals surface area contributed by atoms with E-state index in [2.05, 4.69) is 4.98 Å². The van der Waals surface area contributed by atoms with Crippen LogP contribution in [0.25, 0.3) is 33.9 Å². The smallest absolute Gasteiger partial charge is 0.337 e. The van der Waals surface area contributed by atoms with Crippen molar-refractivity contribution in [3.8, 4) is 33.9 Å². The molecule has 1 aromatic heterocycles. The van der Waals surface area contributed by atoms with Crippen LogP contribution in [0.2, 0.25) is 0 Å². The maximum absolute atomic E-state index is 11.8. The number of aromatic amines is 1. The zero-order chi connectivity index (χ0) is 21.8. The fourth-order valence-electron chi connectivity index (χ4n) is 3.30. The maximum atomic E-state index is 11.8. The lowest BCUT2D eigenvalue weighted by molar-refractivity contribution is 0.0592. The number of benzene rings is 3. The fraction of sp³-hybridized carbons (Fsp3) is 0.0800. The third kappa shape index (κ3) is 4.09. The number of H-pyrrole nitrogens is 1. The molecule has 154 valence electrons. The van der Waals surface area contributed by atoms with Crippen LogP contribution >= 0.6 is 0 Å². The Bertz CT molecular complexity index is 1130. The summed E-state index contributed by atoms with van der Waals surface area (Å²) in [5.74, 6) is -0.0587. The van der Waals surface area contributed by atoms with Crippen LogP contribution in [0.15, 0.2) is 78.9 Å². The van der Waals surface area contributed by atoms with Crippen LogP contribution in [0.3, 0.4) is 0 Å². The van der Waals surface area contributed by atoms with Crippen LogP contribution in [-0.4, -0.2) is 36.1 Å². The average Bonchev–Trinajstić information content (AvgIpc) is 3.29. The van der Waals surface area contributed by atoms with Gasteiger partial charge in [-0.1, -0.05) is 54.6 Å². The molecule has 4 aromatic rings. The molecule has 1 N–H and O–H groups in total. The van der Waals surface area contributed by atoms with Crippen LogP contribution in [0.4, 0.5) is 0 Å². The summed E-state index contributed by atoms with van der Waals surface area (Å²) in [6.07, 6.45) is 0. The van der Waals surface area contributed by atoms with Crippen molar-refractivity contribution in [1.82, 2.24) is 9.97 Å². The van der Waals surface area contributed by atoms with Gasteiger partial charge in [-0.05, 0) is 24.3 Å². The van der Waals surface area contributed by atoms with E-state index in [1.165, 1.54) is 14.2 Å². The van der Waals surface area contributed by atoms with Gasteiger partial charge in [-0.15, -0.1) is 0 Å². The highest BCUT2D eigenvalue weighted by Gasteiger charge is 2.17. The highest BCUT2D eigenvalue weighted by molar-refractivity contribution is 5.92. The molecule has 0 unspecified atom stereocenters. The molecule has 0 aliphatic heterocycles.